The van der Waals surface area contributed by atoms with E-state index in [4.69, 9.17) is 16.6 Å². The van der Waals surface area contributed by atoms with Crippen LogP contribution in [0, 0.1) is 5.41 Å². The summed E-state index contributed by atoms with van der Waals surface area (Å²) in [5.74, 6) is 0. The van der Waals surface area contributed by atoms with Gasteiger partial charge in [-0.1, -0.05) is 50.6 Å². The van der Waals surface area contributed by atoms with Crippen LogP contribution >= 0.6 is 11.6 Å². The largest absolute Gasteiger partial charge is 0.465 e. The maximum Gasteiger partial charge on any atom is 0.407 e. The van der Waals surface area contributed by atoms with E-state index in [-0.39, 0.29) is 11.5 Å². The lowest BCUT2D eigenvalue weighted by Crippen LogP contribution is -2.74. The molecular weight excluding hydrogens is 424 g/mol. The molecule has 3 aliphatic rings. The van der Waals surface area contributed by atoms with Gasteiger partial charge < -0.3 is 9.51 Å². The van der Waals surface area contributed by atoms with Crippen molar-refractivity contribution in [1.82, 2.24) is 19.2 Å². The molecule has 3 saturated heterocycles. The fraction of sp³-hybridized carbons (Fsp3) is 0.440. The normalized spacial score (nSPS) is 23.8. The Morgan fingerprint density at radius 2 is 1.97 bits per heavy atom. The Bertz CT molecular complexity index is 1170. The molecular formula is C25H29ClN4O2. The van der Waals surface area contributed by atoms with Crippen molar-refractivity contribution < 1.29 is 9.90 Å². The molecule has 3 fully saturated rings. The summed E-state index contributed by atoms with van der Waals surface area (Å²) in [6.07, 6.45) is 3.17. The third kappa shape index (κ3) is 3.28. The molecule has 0 radical (unpaired) electrons. The van der Waals surface area contributed by atoms with Crippen molar-refractivity contribution in [3.05, 3.63) is 59.4 Å². The Hall–Kier alpha value is -2.57. The van der Waals surface area contributed by atoms with E-state index < -0.39 is 11.6 Å². The summed E-state index contributed by atoms with van der Waals surface area (Å²) >= 11 is 6.13. The Kier molecular flexibility index (Phi) is 4.98. The molecule has 2 bridgehead atoms. The summed E-state index contributed by atoms with van der Waals surface area (Å²) in [6.45, 7) is 8.51. The van der Waals surface area contributed by atoms with E-state index in [2.05, 4.69) is 36.3 Å². The van der Waals surface area contributed by atoms with E-state index in [1.165, 1.54) is 0 Å². The number of carbonyl (C=O) groups is 1. The first-order chi connectivity index (χ1) is 15.2. The molecule has 32 heavy (non-hydrogen) atoms. The highest BCUT2D eigenvalue weighted by Gasteiger charge is 2.57. The summed E-state index contributed by atoms with van der Waals surface area (Å²) in [4.78, 5) is 21.3. The molecule has 168 valence electrons. The lowest BCUT2D eigenvalue weighted by molar-refractivity contribution is -0.122. The SMILES string of the molecule is CC(C)(C)C12CCC(CN1C(=O)O)N(Cc1c(-c3ccc(Cl)cc3)nc3ccccn13)C2. The summed E-state index contributed by atoms with van der Waals surface area (Å²) in [5, 5.41) is 10.7. The Labute approximate surface area is 193 Å². The molecule has 5 heterocycles. The number of rotatable bonds is 3. The highest BCUT2D eigenvalue weighted by molar-refractivity contribution is 6.30. The zero-order valence-electron chi connectivity index (χ0n) is 18.8. The molecule has 1 amide bonds. The van der Waals surface area contributed by atoms with Gasteiger partial charge >= 0.3 is 6.09 Å². The molecule has 7 heteroatoms. The minimum absolute atomic E-state index is 0.159. The van der Waals surface area contributed by atoms with Crippen LogP contribution in [0.2, 0.25) is 5.02 Å². The van der Waals surface area contributed by atoms with Crippen molar-refractivity contribution in [3.63, 3.8) is 0 Å². The van der Waals surface area contributed by atoms with Gasteiger partial charge in [0.25, 0.3) is 0 Å². The lowest BCUT2D eigenvalue weighted by atomic mass is 9.64. The average Bonchev–Trinajstić information content (AvgIpc) is 3.12. The van der Waals surface area contributed by atoms with Crippen molar-refractivity contribution in [2.75, 3.05) is 13.1 Å². The van der Waals surface area contributed by atoms with Gasteiger partial charge in [0.2, 0.25) is 0 Å². The van der Waals surface area contributed by atoms with E-state index in [0.29, 0.717) is 11.6 Å². The first kappa shape index (κ1) is 21.3. The number of nitrogens with zero attached hydrogens (tertiary/aromatic N) is 4. The van der Waals surface area contributed by atoms with Gasteiger partial charge in [-0.15, -0.1) is 0 Å². The summed E-state index contributed by atoms with van der Waals surface area (Å²) in [5.41, 5.74) is 3.47. The zero-order chi connectivity index (χ0) is 22.7. The van der Waals surface area contributed by atoms with E-state index in [0.717, 1.165) is 48.5 Å². The molecule has 2 atom stereocenters. The fourth-order valence-electron chi connectivity index (χ4n) is 5.64. The van der Waals surface area contributed by atoms with Crippen molar-refractivity contribution in [2.45, 2.75) is 51.7 Å². The van der Waals surface area contributed by atoms with E-state index in [1.54, 1.807) is 4.90 Å². The Morgan fingerprint density at radius 1 is 1.22 bits per heavy atom. The first-order valence-corrected chi connectivity index (χ1v) is 11.5. The van der Waals surface area contributed by atoms with Crippen LogP contribution in [-0.4, -0.2) is 55.1 Å². The number of hydrogen-bond donors (Lipinski definition) is 1. The van der Waals surface area contributed by atoms with E-state index in [1.807, 2.05) is 42.5 Å². The van der Waals surface area contributed by atoms with Gasteiger partial charge in [-0.25, -0.2) is 9.78 Å². The number of pyridine rings is 1. The topological polar surface area (TPSA) is 61.1 Å². The van der Waals surface area contributed by atoms with Gasteiger partial charge in [0.15, 0.2) is 0 Å². The smallest absolute Gasteiger partial charge is 0.407 e. The molecule has 3 aliphatic heterocycles. The summed E-state index contributed by atoms with van der Waals surface area (Å²) in [6, 6.07) is 14.1. The maximum atomic E-state index is 12.1. The number of hydrogen-bond acceptors (Lipinski definition) is 3. The van der Waals surface area contributed by atoms with Crippen LogP contribution in [0.3, 0.4) is 0 Å². The third-order valence-electron chi connectivity index (χ3n) is 7.51. The van der Waals surface area contributed by atoms with E-state index in [9.17, 15) is 9.90 Å². The van der Waals surface area contributed by atoms with Gasteiger partial charge in [0, 0.05) is 42.5 Å². The second-order valence-corrected chi connectivity index (χ2v) is 10.6. The molecule has 1 aromatic carbocycles. The van der Waals surface area contributed by atoms with Gasteiger partial charge in [-0.2, -0.15) is 0 Å². The molecule has 6 rings (SSSR count). The quantitative estimate of drug-likeness (QED) is 0.578. The number of carboxylic acid groups (broad SMARTS) is 1. The number of piperazine rings is 1. The molecule has 6 nitrogen and oxygen atoms in total. The first-order valence-electron chi connectivity index (χ1n) is 11.2. The molecule has 0 spiro atoms. The zero-order valence-corrected chi connectivity index (χ0v) is 19.5. The van der Waals surface area contributed by atoms with Crippen molar-refractivity contribution in [3.8, 4) is 11.3 Å². The number of fused-ring (bicyclic) bond motifs is 4. The number of benzene rings is 1. The molecule has 1 N–H and O–H groups in total. The Morgan fingerprint density at radius 3 is 2.66 bits per heavy atom. The summed E-state index contributed by atoms with van der Waals surface area (Å²) < 4.78 is 2.16. The lowest BCUT2D eigenvalue weighted by Gasteiger charge is -2.63. The average molecular weight is 453 g/mol. The second-order valence-electron chi connectivity index (χ2n) is 10.1. The number of amides is 1. The van der Waals surface area contributed by atoms with Crippen molar-refractivity contribution in [1.29, 1.82) is 0 Å². The van der Waals surface area contributed by atoms with Crippen LogP contribution in [0.1, 0.15) is 39.3 Å². The van der Waals surface area contributed by atoms with Crippen LogP contribution in [0.25, 0.3) is 16.9 Å². The molecule has 2 unspecified atom stereocenters. The Balaban J connectivity index is 1.56. The third-order valence-corrected chi connectivity index (χ3v) is 7.76. The van der Waals surface area contributed by atoms with Crippen LogP contribution < -0.4 is 0 Å². The van der Waals surface area contributed by atoms with Crippen LogP contribution in [0.4, 0.5) is 4.79 Å². The molecule has 3 aromatic rings. The van der Waals surface area contributed by atoms with Gasteiger partial charge in [-0.05, 0) is 42.5 Å². The van der Waals surface area contributed by atoms with E-state index >= 15 is 0 Å². The predicted molar refractivity (Wildman–Crippen MR) is 126 cm³/mol. The second kappa shape index (κ2) is 7.49. The van der Waals surface area contributed by atoms with Crippen LogP contribution in [-0.2, 0) is 6.54 Å². The van der Waals surface area contributed by atoms with Gasteiger partial charge in [0.1, 0.15) is 5.65 Å². The molecule has 0 saturated carbocycles. The highest BCUT2D eigenvalue weighted by atomic mass is 35.5. The number of halogens is 1. The molecule has 2 aromatic heterocycles. The number of imidazole rings is 1. The van der Waals surface area contributed by atoms with Crippen LogP contribution in [0.5, 0.6) is 0 Å². The van der Waals surface area contributed by atoms with Crippen LogP contribution in [0.15, 0.2) is 48.7 Å². The van der Waals surface area contributed by atoms with Gasteiger partial charge in [0.05, 0.1) is 16.9 Å². The van der Waals surface area contributed by atoms with Crippen molar-refractivity contribution >= 4 is 23.3 Å². The number of piperidine rings is 2. The monoisotopic (exact) mass is 452 g/mol. The standard InChI is InChI=1S/C25H29ClN4O2/c1-24(2,3)25-12-11-19(14-30(25)23(31)32)28(16-25)15-20-22(17-7-9-18(26)10-8-17)27-21-6-4-5-13-29(20)21/h4-10,13,19H,11-12,14-16H2,1-3H3,(H,31,32). The maximum absolute atomic E-state index is 12.1. The molecule has 0 aliphatic carbocycles. The highest BCUT2D eigenvalue weighted by Crippen LogP contribution is 2.48. The number of aromatic nitrogens is 2. The fourth-order valence-corrected chi connectivity index (χ4v) is 5.76. The summed E-state index contributed by atoms with van der Waals surface area (Å²) in [7, 11) is 0. The van der Waals surface area contributed by atoms with Crippen molar-refractivity contribution in [2.24, 2.45) is 5.41 Å². The predicted octanol–water partition coefficient (Wildman–Crippen LogP) is 5.40. The van der Waals surface area contributed by atoms with Gasteiger partial charge in [-0.3, -0.25) is 9.80 Å². The minimum Gasteiger partial charge on any atom is -0.465 e. The minimum atomic E-state index is -0.805.